The summed E-state index contributed by atoms with van der Waals surface area (Å²) in [7, 11) is 0. The molecule has 0 spiro atoms. The Bertz CT molecular complexity index is 420. The van der Waals surface area contributed by atoms with Crippen LogP contribution in [0.5, 0.6) is 0 Å². The van der Waals surface area contributed by atoms with E-state index in [1.54, 1.807) is 11.3 Å². The molecule has 1 heterocycles. The van der Waals surface area contributed by atoms with E-state index in [1.807, 2.05) is 13.8 Å². The number of aryl methyl sites for hydroxylation is 2. The number of hydrogen-bond donors (Lipinski definition) is 2. The minimum Gasteiger partial charge on any atom is -0.350 e. The Kier molecular flexibility index (Phi) is 4.63. The molecule has 0 bridgehead atoms. The highest BCUT2D eigenvalue weighted by molar-refractivity contribution is 7.14. The van der Waals surface area contributed by atoms with Gasteiger partial charge in [-0.3, -0.25) is 4.79 Å². The molecule has 19 heavy (non-hydrogen) atoms. The van der Waals surface area contributed by atoms with Crippen molar-refractivity contribution >= 4 is 17.2 Å². The second kappa shape index (κ2) is 6.06. The van der Waals surface area contributed by atoms with Crippen LogP contribution in [0, 0.1) is 0 Å². The molecule has 106 valence electrons. The van der Waals surface area contributed by atoms with Crippen LogP contribution in [0.3, 0.4) is 0 Å². The summed E-state index contributed by atoms with van der Waals surface area (Å²) in [5, 5.41) is 2.93. The first-order valence-corrected chi connectivity index (χ1v) is 7.96. The fraction of sp³-hybridized carbons (Fsp3) is 0.667. The predicted molar refractivity (Wildman–Crippen MR) is 80.8 cm³/mol. The lowest BCUT2D eigenvalue weighted by atomic mass is 10.00. The van der Waals surface area contributed by atoms with Crippen molar-refractivity contribution in [2.45, 2.75) is 57.9 Å². The Hall–Kier alpha value is -0.870. The SMILES string of the molecule is CC(C)(N)CNC(=O)c1cc2c(s1)CCCCCC2. The van der Waals surface area contributed by atoms with E-state index in [1.165, 1.54) is 36.1 Å². The van der Waals surface area contributed by atoms with E-state index in [0.29, 0.717) is 6.54 Å². The third-order valence-corrected chi connectivity index (χ3v) is 4.66. The third-order valence-electron chi connectivity index (χ3n) is 3.42. The lowest BCUT2D eigenvalue weighted by Gasteiger charge is -2.18. The number of rotatable bonds is 3. The summed E-state index contributed by atoms with van der Waals surface area (Å²) in [6, 6.07) is 2.09. The number of carbonyl (C=O) groups excluding carboxylic acids is 1. The first kappa shape index (κ1) is 14.5. The number of fused-ring (bicyclic) bond motifs is 1. The van der Waals surface area contributed by atoms with Crippen molar-refractivity contribution in [3.63, 3.8) is 0 Å². The smallest absolute Gasteiger partial charge is 0.261 e. The Morgan fingerprint density at radius 3 is 2.68 bits per heavy atom. The summed E-state index contributed by atoms with van der Waals surface area (Å²) in [5.74, 6) is 0.0234. The van der Waals surface area contributed by atoms with Gasteiger partial charge in [-0.1, -0.05) is 12.8 Å². The molecule has 2 rings (SSSR count). The highest BCUT2D eigenvalue weighted by atomic mass is 32.1. The summed E-state index contributed by atoms with van der Waals surface area (Å²) < 4.78 is 0. The molecule has 0 saturated heterocycles. The van der Waals surface area contributed by atoms with Crippen LogP contribution >= 0.6 is 11.3 Å². The van der Waals surface area contributed by atoms with Gasteiger partial charge >= 0.3 is 0 Å². The van der Waals surface area contributed by atoms with Gasteiger partial charge in [0.15, 0.2) is 0 Å². The molecule has 4 heteroatoms. The lowest BCUT2D eigenvalue weighted by Crippen LogP contribution is -2.44. The highest BCUT2D eigenvalue weighted by Gasteiger charge is 2.18. The number of nitrogens with one attached hydrogen (secondary N) is 1. The van der Waals surface area contributed by atoms with Crippen LogP contribution in [-0.2, 0) is 12.8 Å². The Morgan fingerprint density at radius 1 is 1.32 bits per heavy atom. The van der Waals surface area contributed by atoms with Crippen molar-refractivity contribution in [1.82, 2.24) is 5.32 Å². The third kappa shape index (κ3) is 4.32. The van der Waals surface area contributed by atoms with E-state index in [2.05, 4.69) is 11.4 Å². The fourth-order valence-corrected chi connectivity index (χ4v) is 3.52. The van der Waals surface area contributed by atoms with Crippen LogP contribution in [0.1, 0.15) is 59.6 Å². The van der Waals surface area contributed by atoms with E-state index in [9.17, 15) is 4.79 Å². The van der Waals surface area contributed by atoms with Gasteiger partial charge in [0.1, 0.15) is 0 Å². The Balaban J connectivity index is 2.04. The van der Waals surface area contributed by atoms with Crippen LogP contribution in [-0.4, -0.2) is 18.0 Å². The summed E-state index contributed by atoms with van der Waals surface area (Å²) in [6.07, 6.45) is 7.40. The molecule has 1 amide bonds. The first-order valence-electron chi connectivity index (χ1n) is 7.14. The number of carbonyl (C=O) groups is 1. The molecule has 0 unspecified atom stereocenters. The summed E-state index contributed by atoms with van der Waals surface area (Å²) in [6.45, 7) is 4.34. The van der Waals surface area contributed by atoms with Gasteiger partial charge in [-0.15, -0.1) is 11.3 Å². The molecule has 1 aromatic heterocycles. The molecular weight excluding hydrogens is 256 g/mol. The molecule has 3 nitrogen and oxygen atoms in total. The quantitative estimate of drug-likeness (QED) is 0.894. The van der Waals surface area contributed by atoms with Crippen LogP contribution in [0.4, 0.5) is 0 Å². The Morgan fingerprint density at radius 2 is 2.00 bits per heavy atom. The highest BCUT2D eigenvalue weighted by Crippen LogP contribution is 2.28. The standard InChI is InChI=1S/C15H24N2OS/c1-15(2,16)10-17-14(18)13-9-11-7-5-3-4-6-8-12(11)19-13/h9H,3-8,10,16H2,1-2H3,(H,17,18). The minimum absolute atomic E-state index is 0.0234. The molecule has 0 saturated carbocycles. The van der Waals surface area contributed by atoms with Crippen molar-refractivity contribution in [2.24, 2.45) is 5.73 Å². The second-order valence-electron chi connectivity index (χ2n) is 6.14. The zero-order valence-corrected chi connectivity index (χ0v) is 12.7. The second-order valence-corrected chi connectivity index (χ2v) is 7.28. The van der Waals surface area contributed by atoms with Crippen molar-refractivity contribution < 1.29 is 4.79 Å². The maximum absolute atomic E-state index is 12.1. The van der Waals surface area contributed by atoms with Gasteiger partial charge in [-0.2, -0.15) is 0 Å². The van der Waals surface area contributed by atoms with E-state index in [0.717, 1.165) is 17.7 Å². The monoisotopic (exact) mass is 280 g/mol. The van der Waals surface area contributed by atoms with Crippen LogP contribution in [0.2, 0.25) is 0 Å². The predicted octanol–water partition coefficient (Wildman–Crippen LogP) is 2.87. The van der Waals surface area contributed by atoms with E-state index >= 15 is 0 Å². The van der Waals surface area contributed by atoms with Crippen LogP contribution in [0.25, 0.3) is 0 Å². The average Bonchev–Trinajstić information content (AvgIpc) is 2.68. The minimum atomic E-state index is -0.360. The molecule has 0 aliphatic heterocycles. The van der Waals surface area contributed by atoms with Crippen molar-refractivity contribution in [1.29, 1.82) is 0 Å². The summed E-state index contributed by atoms with van der Waals surface area (Å²) in [4.78, 5) is 14.4. The van der Waals surface area contributed by atoms with Crippen molar-refractivity contribution in [3.05, 3.63) is 21.4 Å². The maximum Gasteiger partial charge on any atom is 0.261 e. The zero-order chi connectivity index (χ0) is 13.9. The lowest BCUT2D eigenvalue weighted by molar-refractivity contribution is 0.0950. The normalized spacial score (nSPS) is 16.4. The summed E-state index contributed by atoms with van der Waals surface area (Å²) in [5.41, 5.74) is 6.92. The van der Waals surface area contributed by atoms with Gasteiger partial charge in [-0.05, 0) is 51.2 Å². The van der Waals surface area contributed by atoms with Gasteiger partial charge in [-0.25, -0.2) is 0 Å². The van der Waals surface area contributed by atoms with E-state index in [4.69, 9.17) is 5.73 Å². The van der Waals surface area contributed by atoms with E-state index in [-0.39, 0.29) is 11.4 Å². The largest absolute Gasteiger partial charge is 0.350 e. The number of hydrogen-bond acceptors (Lipinski definition) is 3. The zero-order valence-electron chi connectivity index (χ0n) is 11.9. The maximum atomic E-state index is 12.1. The molecular formula is C15H24N2OS. The first-order chi connectivity index (χ1) is 8.96. The molecule has 0 radical (unpaired) electrons. The molecule has 0 aromatic carbocycles. The van der Waals surface area contributed by atoms with Gasteiger partial charge in [0.25, 0.3) is 5.91 Å². The van der Waals surface area contributed by atoms with Crippen molar-refractivity contribution in [3.8, 4) is 0 Å². The van der Waals surface area contributed by atoms with Crippen molar-refractivity contribution in [2.75, 3.05) is 6.54 Å². The molecule has 1 aliphatic rings. The van der Waals surface area contributed by atoms with Gasteiger partial charge in [0.05, 0.1) is 4.88 Å². The number of thiophene rings is 1. The van der Waals surface area contributed by atoms with Gasteiger partial charge in [0.2, 0.25) is 0 Å². The van der Waals surface area contributed by atoms with Gasteiger partial charge in [0, 0.05) is 17.0 Å². The van der Waals surface area contributed by atoms with E-state index < -0.39 is 0 Å². The van der Waals surface area contributed by atoms with Crippen LogP contribution in [0.15, 0.2) is 6.07 Å². The average molecular weight is 280 g/mol. The van der Waals surface area contributed by atoms with Gasteiger partial charge < -0.3 is 11.1 Å². The van der Waals surface area contributed by atoms with Crippen LogP contribution < -0.4 is 11.1 Å². The molecule has 1 aliphatic carbocycles. The molecule has 0 fully saturated rings. The molecule has 1 aromatic rings. The fourth-order valence-electron chi connectivity index (χ4n) is 2.35. The number of amides is 1. The number of nitrogens with two attached hydrogens (primary N) is 1. The molecule has 3 N–H and O–H groups in total. The topological polar surface area (TPSA) is 55.1 Å². The molecule has 0 atom stereocenters. The summed E-state index contributed by atoms with van der Waals surface area (Å²) >= 11 is 1.66. The Labute approximate surface area is 119 Å².